The molecule has 1 aromatic heterocycles. The Hall–Kier alpha value is -1.10. The van der Waals surface area contributed by atoms with Gasteiger partial charge in [-0.25, -0.2) is 4.68 Å². The third kappa shape index (κ3) is 1.68. The normalized spacial score (nSPS) is 10.1. The summed E-state index contributed by atoms with van der Waals surface area (Å²) in [7, 11) is 3.36. The SMILES string of the molecule is COc1nc(CCN)n(C)n1. The van der Waals surface area contributed by atoms with Crippen molar-refractivity contribution in [2.24, 2.45) is 12.8 Å². The van der Waals surface area contributed by atoms with Gasteiger partial charge in [-0.1, -0.05) is 0 Å². The molecule has 0 fully saturated rings. The van der Waals surface area contributed by atoms with Gasteiger partial charge in [0.15, 0.2) is 0 Å². The summed E-state index contributed by atoms with van der Waals surface area (Å²) in [5.74, 6) is 0.851. The van der Waals surface area contributed by atoms with E-state index in [9.17, 15) is 0 Å². The summed E-state index contributed by atoms with van der Waals surface area (Å²) in [5.41, 5.74) is 5.36. The summed E-state index contributed by atoms with van der Waals surface area (Å²) in [6.07, 6.45) is 0.729. The molecule has 0 saturated carbocycles. The molecule has 0 aliphatic carbocycles. The van der Waals surface area contributed by atoms with E-state index in [1.165, 1.54) is 0 Å². The topological polar surface area (TPSA) is 66.0 Å². The molecule has 0 bridgehead atoms. The van der Waals surface area contributed by atoms with Crippen LogP contribution in [0, 0.1) is 0 Å². The molecule has 1 aromatic rings. The van der Waals surface area contributed by atoms with E-state index in [1.54, 1.807) is 11.8 Å². The lowest BCUT2D eigenvalue weighted by atomic mass is 10.4. The highest BCUT2D eigenvalue weighted by Gasteiger charge is 2.04. The van der Waals surface area contributed by atoms with E-state index in [-0.39, 0.29) is 0 Å². The highest BCUT2D eigenvalue weighted by atomic mass is 16.5. The molecule has 5 heteroatoms. The van der Waals surface area contributed by atoms with Gasteiger partial charge in [0.05, 0.1) is 7.11 Å². The first-order valence-corrected chi connectivity index (χ1v) is 3.42. The van der Waals surface area contributed by atoms with Crippen molar-refractivity contribution in [1.82, 2.24) is 14.8 Å². The van der Waals surface area contributed by atoms with Crippen LogP contribution >= 0.6 is 0 Å². The smallest absolute Gasteiger partial charge is 0.335 e. The maximum atomic E-state index is 5.36. The monoisotopic (exact) mass is 156 g/mol. The number of aryl methyl sites for hydroxylation is 1. The molecule has 0 aliphatic rings. The second-order valence-electron chi connectivity index (χ2n) is 2.18. The van der Waals surface area contributed by atoms with Crippen molar-refractivity contribution in [1.29, 1.82) is 0 Å². The lowest BCUT2D eigenvalue weighted by Crippen LogP contribution is -2.08. The van der Waals surface area contributed by atoms with Crippen molar-refractivity contribution in [3.05, 3.63) is 5.82 Å². The van der Waals surface area contributed by atoms with Gasteiger partial charge in [0.2, 0.25) is 0 Å². The van der Waals surface area contributed by atoms with Crippen LogP contribution in [0.5, 0.6) is 6.01 Å². The molecular weight excluding hydrogens is 144 g/mol. The Kier molecular flexibility index (Phi) is 2.43. The van der Waals surface area contributed by atoms with E-state index >= 15 is 0 Å². The minimum absolute atomic E-state index is 0.399. The third-order valence-corrected chi connectivity index (χ3v) is 1.38. The second kappa shape index (κ2) is 3.34. The fourth-order valence-corrected chi connectivity index (χ4v) is 0.824. The molecule has 5 nitrogen and oxygen atoms in total. The fourth-order valence-electron chi connectivity index (χ4n) is 0.824. The van der Waals surface area contributed by atoms with Crippen molar-refractivity contribution >= 4 is 0 Å². The molecule has 0 amide bonds. The fraction of sp³-hybridized carbons (Fsp3) is 0.667. The van der Waals surface area contributed by atoms with Crippen LogP contribution < -0.4 is 10.5 Å². The minimum Gasteiger partial charge on any atom is -0.466 e. The van der Waals surface area contributed by atoms with Crippen LogP contribution in [-0.4, -0.2) is 28.4 Å². The zero-order valence-electron chi connectivity index (χ0n) is 6.74. The van der Waals surface area contributed by atoms with E-state index < -0.39 is 0 Å². The molecular formula is C6H12N4O. The Labute approximate surface area is 65.2 Å². The Morgan fingerprint density at radius 2 is 2.36 bits per heavy atom. The van der Waals surface area contributed by atoms with Gasteiger partial charge >= 0.3 is 6.01 Å². The van der Waals surface area contributed by atoms with Crippen LogP contribution in [0.3, 0.4) is 0 Å². The van der Waals surface area contributed by atoms with Gasteiger partial charge in [-0.15, -0.1) is 5.10 Å². The first kappa shape index (κ1) is 8.00. The average molecular weight is 156 g/mol. The lowest BCUT2D eigenvalue weighted by Gasteiger charge is -1.93. The number of nitrogens with two attached hydrogens (primary N) is 1. The van der Waals surface area contributed by atoms with Gasteiger partial charge in [-0.05, 0) is 6.54 Å². The third-order valence-electron chi connectivity index (χ3n) is 1.38. The van der Waals surface area contributed by atoms with Gasteiger partial charge < -0.3 is 10.5 Å². The summed E-state index contributed by atoms with van der Waals surface area (Å²) in [5, 5.41) is 3.98. The van der Waals surface area contributed by atoms with Gasteiger partial charge in [0.25, 0.3) is 0 Å². The minimum atomic E-state index is 0.399. The number of ether oxygens (including phenoxy) is 1. The molecule has 1 rings (SSSR count). The van der Waals surface area contributed by atoms with Crippen LogP contribution in [0.15, 0.2) is 0 Å². The Bertz CT molecular complexity index is 232. The number of methoxy groups -OCH3 is 1. The Morgan fingerprint density at radius 1 is 1.64 bits per heavy atom. The van der Waals surface area contributed by atoms with Crippen LogP contribution in [0.1, 0.15) is 5.82 Å². The van der Waals surface area contributed by atoms with Crippen LogP contribution in [0.4, 0.5) is 0 Å². The summed E-state index contributed by atoms with van der Waals surface area (Å²) < 4.78 is 6.51. The number of hydrogen-bond acceptors (Lipinski definition) is 4. The first-order chi connectivity index (χ1) is 5.27. The van der Waals surface area contributed by atoms with Crippen molar-refractivity contribution in [2.75, 3.05) is 13.7 Å². The van der Waals surface area contributed by atoms with Gasteiger partial charge in [-0.3, -0.25) is 0 Å². The summed E-state index contributed by atoms with van der Waals surface area (Å²) in [6, 6.07) is 0.399. The zero-order chi connectivity index (χ0) is 8.27. The van der Waals surface area contributed by atoms with Crippen LogP contribution in [-0.2, 0) is 13.5 Å². The maximum Gasteiger partial charge on any atom is 0.335 e. The van der Waals surface area contributed by atoms with Gasteiger partial charge in [0, 0.05) is 13.5 Å². The standard InChI is InChI=1S/C6H12N4O/c1-10-5(3-4-7)8-6(9-10)11-2/h3-4,7H2,1-2H3. The number of nitrogens with zero attached hydrogens (tertiary/aromatic N) is 3. The van der Waals surface area contributed by atoms with Crippen molar-refractivity contribution < 1.29 is 4.74 Å². The van der Waals surface area contributed by atoms with Crippen molar-refractivity contribution in [2.45, 2.75) is 6.42 Å². The molecule has 1 heterocycles. The highest BCUT2D eigenvalue weighted by molar-refractivity contribution is 4.97. The molecule has 62 valence electrons. The second-order valence-corrected chi connectivity index (χ2v) is 2.18. The van der Waals surface area contributed by atoms with E-state index in [1.807, 2.05) is 7.05 Å². The summed E-state index contributed by atoms with van der Waals surface area (Å²) in [4.78, 5) is 4.07. The lowest BCUT2D eigenvalue weighted by molar-refractivity contribution is 0.378. The molecule has 0 unspecified atom stereocenters. The number of hydrogen-bond donors (Lipinski definition) is 1. The van der Waals surface area contributed by atoms with Crippen molar-refractivity contribution in [3.63, 3.8) is 0 Å². The first-order valence-electron chi connectivity index (χ1n) is 3.42. The zero-order valence-corrected chi connectivity index (χ0v) is 6.74. The highest BCUT2D eigenvalue weighted by Crippen LogP contribution is 2.02. The van der Waals surface area contributed by atoms with Gasteiger partial charge in [-0.2, -0.15) is 4.98 Å². The van der Waals surface area contributed by atoms with E-state index in [0.29, 0.717) is 12.6 Å². The predicted molar refractivity (Wildman–Crippen MR) is 40.3 cm³/mol. The van der Waals surface area contributed by atoms with Crippen LogP contribution in [0.25, 0.3) is 0 Å². The summed E-state index contributed by atoms with van der Waals surface area (Å²) in [6.45, 7) is 0.579. The van der Waals surface area contributed by atoms with E-state index in [4.69, 9.17) is 10.5 Å². The number of aromatic nitrogens is 3. The molecule has 0 saturated heterocycles. The molecule has 0 atom stereocenters. The maximum absolute atomic E-state index is 5.36. The van der Waals surface area contributed by atoms with Gasteiger partial charge in [0.1, 0.15) is 5.82 Å². The molecule has 0 radical (unpaired) electrons. The molecule has 0 aromatic carbocycles. The number of rotatable bonds is 3. The Balaban J connectivity index is 2.79. The quantitative estimate of drug-likeness (QED) is 0.630. The average Bonchev–Trinajstić information content (AvgIpc) is 2.33. The molecule has 11 heavy (non-hydrogen) atoms. The van der Waals surface area contributed by atoms with E-state index in [2.05, 4.69) is 10.1 Å². The molecule has 0 aliphatic heterocycles. The van der Waals surface area contributed by atoms with Crippen LogP contribution in [0.2, 0.25) is 0 Å². The van der Waals surface area contributed by atoms with Crippen molar-refractivity contribution in [3.8, 4) is 6.01 Å². The largest absolute Gasteiger partial charge is 0.466 e. The predicted octanol–water partition coefficient (Wildman–Crippen LogP) is -0.675. The summed E-state index contributed by atoms with van der Waals surface area (Å²) >= 11 is 0. The Morgan fingerprint density at radius 3 is 2.82 bits per heavy atom. The molecule has 0 spiro atoms. The van der Waals surface area contributed by atoms with E-state index in [0.717, 1.165) is 12.2 Å². The molecule has 2 N–H and O–H groups in total.